The Hall–Kier alpha value is -0.960. The van der Waals surface area contributed by atoms with Crippen molar-refractivity contribution in [2.45, 2.75) is 0 Å². The molecule has 0 unspecified atom stereocenters. The Morgan fingerprint density at radius 2 is 1.07 bits per heavy atom. The Morgan fingerprint density at radius 3 is 1.40 bits per heavy atom. The maximum absolute atomic E-state index is 5.70. The molecule has 0 fully saturated rings. The fourth-order valence-electron chi connectivity index (χ4n) is 1.44. The van der Waals surface area contributed by atoms with Crippen LogP contribution < -0.4 is 11.5 Å². The number of nitrogen functional groups attached to an aromatic ring is 2. The van der Waals surface area contributed by atoms with Crippen LogP contribution in [-0.4, -0.2) is 29.6 Å². The van der Waals surface area contributed by atoms with Crippen LogP contribution in [0.3, 0.4) is 0 Å². The zero-order valence-corrected chi connectivity index (χ0v) is 7.77. The molecule has 2 nitrogen and oxygen atoms in total. The molecule has 0 radical (unpaired) electrons. The van der Waals surface area contributed by atoms with Gasteiger partial charge in [-0.2, -0.15) is 0 Å². The van der Waals surface area contributed by atoms with Crippen molar-refractivity contribution in [2.75, 3.05) is 11.5 Å². The van der Waals surface area contributed by atoms with Crippen molar-refractivity contribution in [1.82, 2.24) is 0 Å². The number of rotatable bonds is 1. The Morgan fingerprint density at radius 1 is 0.667 bits per heavy atom. The van der Waals surface area contributed by atoms with Crippen molar-refractivity contribution < 1.29 is 0 Å². The summed E-state index contributed by atoms with van der Waals surface area (Å²) in [4.78, 5) is 0. The third kappa shape index (κ3) is 2.99. The molecule has 0 spiro atoms. The van der Waals surface area contributed by atoms with Gasteiger partial charge in [0, 0.05) is 11.4 Å². The average molecular weight is 208 g/mol. The molecule has 0 aliphatic carbocycles. The van der Waals surface area contributed by atoms with Crippen molar-refractivity contribution >= 4 is 40.9 Å². The van der Waals surface area contributed by atoms with Gasteiger partial charge in [0.15, 0.2) is 0 Å². The first kappa shape index (κ1) is 12.1. The molecule has 0 atom stereocenters. The molecule has 2 aromatic rings. The molecular formula is C12H13N2Na. The summed E-state index contributed by atoms with van der Waals surface area (Å²) in [7, 11) is 0. The minimum atomic E-state index is 0. The van der Waals surface area contributed by atoms with Crippen LogP contribution in [0.15, 0.2) is 48.5 Å². The van der Waals surface area contributed by atoms with E-state index in [0.717, 1.165) is 22.5 Å². The predicted octanol–water partition coefficient (Wildman–Crippen LogP) is 1.87. The van der Waals surface area contributed by atoms with E-state index < -0.39 is 0 Å². The molecule has 3 heteroatoms. The van der Waals surface area contributed by atoms with Crippen LogP contribution in [0.25, 0.3) is 11.1 Å². The van der Waals surface area contributed by atoms with E-state index in [-0.39, 0.29) is 29.6 Å². The number of benzene rings is 2. The van der Waals surface area contributed by atoms with E-state index in [9.17, 15) is 0 Å². The Bertz CT molecular complexity index is 411. The van der Waals surface area contributed by atoms with Gasteiger partial charge in [0.25, 0.3) is 0 Å². The van der Waals surface area contributed by atoms with Gasteiger partial charge in [-0.15, -0.1) is 0 Å². The summed E-state index contributed by atoms with van der Waals surface area (Å²) in [5, 5.41) is 0. The fourth-order valence-corrected chi connectivity index (χ4v) is 1.44. The van der Waals surface area contributed by atoms with Gasteiger partial charge in [-0.25, -0.2) is 0 Å². The van der Waals surface area contributed by atoms with Crippen molar-refractivity contribution in [2.24, 2.45) is 0 Å². The number of hydrogen-bond acceptors (Lipinski definition) is 2. The van der Waals surface area contributed by atoms with Crippen LogP contribution in [-0.2, 0) is 0 Å². The number of anilines is 2. The molecule has 72 valence electrons. The second-order valence-corrected chi connectivity index (χ2v) is 3.25. The maximum atomic E-state index is 5.70. The van der Waals surface area contributed by atoms with E-state index >= 15 is 0 Å². The van der Waals surface area contributed by atoms with Crippen LogP contribution in [0.5, 0.6) is 0 Å². The van der Waals surface area contributed by atoms with E-state index in [1.54, 1.807) is 0 Å². The zero-order valence-electron chi connectivity index (χ0n) is 7.77. The quantitative estimate of drug-likeness (QED) is 0.555. The van der Waals surface area contributed by atoms with Gasteiger partial charge < -0.3 is 11.5 Å². The normalized spacial score (nSPS) is 9.33. The third-order valence-corrected chi connectivity index (χ3v) is 2.11. The van der Waals surface area contributed by atoms with Gasteiger partial charge in [0.1, 0.15) is 0 Å². The van der Waals surface area contributed by atoms with Gasteiger partial charge >= 0.3 is 29.6 Å². The van der Waals surface area contributed by atoms with E-state index in [4.69, 9.17) is 11.5 Å². The van der Waals surface area contributed by atoms with Gasteiger partial charge in [-0.1, -0.05) is 24.3 Å². The summed E-state index contributed by atoms with van der Waals surface area (Å²) in [6, 6.07) is 15.5. The monoisotopic (exact) mass is 208 g/mol. The molecule has 0 bridgehead atoms. The predicted molar refractivity (Wildman–Crippen MR) is 67.9 cm³/mol. The molecule has 0 saturated carbocycles. The summed E-state index contributed by atoms with van der Waals surface area (Å²) in [5.41, 5.74) is 15.1. The van der Waals surface area contributed by atoms with Gasteiger partial charge in [-0.3, -0.25) is 0 Å². The Kier molecular flexibility index (Phi) is 4.21. The molecule has 0 heterocycles. The van der Waals surface area contributed by atoms with Crippen LogP contribution in [0.2, 0.25) is 0 Å². The second-order valence-electron chi connectivity index (χ2n) is 3.25. The van der Waals surface area contributed by atoms with Crippen LogP contribution >= 0.6 is 0 Å². The SMILES string of the molecule is Nc1cccc(-c2cccc(N)c2)c1.[NaH]. The molecular weight excluding hydrogens is 195 g/mol. The summed E-state index contributed by atoms with van der Waals surface area (Å²) < 4.78 is 0. The Balaban J connectivity index is 0.00000112. The molecule has 0 aliphatic heterocycles. The van der Waals surface area contributed by atoms with Crippen molar-refractivity contribution in [1.29, 1.82) is 0 Å². The number of hydrogen-bond donors (Lipinski definition) is 2. The van der Waals surface area contributed by atoms with Crippen molar-refractivity contribution in [3.05, 3.63) is 48.5 Å². The van der Waals surface area contributed by atoms with Gasteiger partial charge in [0.2, 0.25) is 0 Å². The molecule has 15 heavy (non-hydrogen) atoms. The van der Waals surface area contributed by atoms with Gasteiger partial charge in [0.05, 0.1) is 0 Å². The van der Waals surface area contributed by atoms with Gasteiger partial charge in [-0.05, 0) is 35.4 Å². The standard InChI is InChI=1S/C12H12N2.Na.H/c13-11-5-1-3-9(7-11)10-4-2-6-12(14)8-10;;/h1-8H,13-14H2;;. The third-order valence-electron chi connectivity index (χ3n) is 2.11. The number of nitrogens with two attached hydrogens (primary N) is 2. The van der Waals surface area contributed by atoms with Crippen molar-refractivity contribution in [3.63, 3.8) is 0 Å². The van der Waals surface area contributed by atoms with Crippen LogP contribution in [0.4, 0.5) is 11.4 Å². The summed E-state index contributed by atoms with van der Waals surface area (Å²) in [6.07, 6.45) is 0. The molecule has 0 aliphatic rings. The molecule has 0 aromatic heterocycles. The molecule has 2 rings (SSSR count). The fraction of sp³-hybridized carbons (Fsp3) is 0. The average Bonchev–Trinajstić information content (AvgIpc) is 2.18. The molecule has 4 N–H and O–H groups in total. The summed E-state index contributed by atoms with van der Waals surface area (Å²) in [6.45, 7) is 0. The minimum absolute atomic E-state index is 0. The van der Waals surface area contributed by atoms with Crippen molar-refractivity contribution in [3.8, 4) is 11.1 Å². The van der Waals surface area contributed by atoms with Crippen LogP contribution in [0, 0.1) is 0 Å². The first-order valence-electron chi connectivity index (χ1n) is 4.47. The first-order chi connectivity index (χ1) is 6.75. The summed E-state index contributed by atoms with van der Waals surface area (Å²) in [5.74, 6) is 0. The van der Waals surface area contributed by atoms with E-state index in [2.05, 4.69) is 0 Å². The van der Waals surface area contributed by atoms with Crippen LogP contribution in [0.1, 0.15) is 0 Å². The second kappa shape index (κ2) is 5.21. The molecule has 2 aromatic carbocycles. The van der Waals surface area contributed by atoms with E-state index in [0.29, 0.717) is 0 Å². The topological polar surface area (TPSA) is 52.0 Å². The molecule has 0 saturated heterocycles. The Labute approximate surface area is 112 Å². The van der Waals surface area contributed by atoms with E-state index in [1.807, 2.05) is 48.5 Å². The van der Waals surface area contributed by atoms with E-state index in [1.165, 1.54) is 0 Å². The first-order valence-corrected chi connectivity index (χ1v) is 4.47. The molecule has 0 amide bonds. The zero-order chi connectivity index (χ0) is 9.97. The summed E-state index contributed by atoms with van der Waals surface area (Å²) >= 11 is 0.